The van der Waals surface area contributed by atoms with Gasteiger partial charge in [-0.3, -0.25) is 4.90 Å². The van der Waals surface area contributed by atoms with Crippen LogP contribution in [-0.2, 0) is 6.42 Å². The molecule has 100 valence electrons. The van der Waals surface area contributed by atoms with Crippen molar-refractivity contribution >= 4 is 0 Å². The molecule has 1 N–H and O–H groups in total. The van der Waals surface area contributed by atoms with Gasteiger partial charge in [0.25, 0.3) is 0 Å². The maximum Gasteiger partial charge on any atom is 0.0232 e. The molecule has 0 spiro atoms. The first-order chi connectivity index (χ1) is 8.90. The number of rotatable bonds is 7. The van der Waals surface area contributed by atoms with E-state index in [1.54, 1.807) is 0 Å². The summed E-state index contributed by atoms with van der Waals surface area (Å²) in [5, 5.41) is 3.48. The Kier molecular flexibility index (Phi) is 5.69. The second kappa shape index (κ2) is 7.55. The highest BCUT2D eigenvalue weighted by atomic mass is 15.2. The van der Waals surface area contributed by atoms with E-state index >= 15 is 0 Å². The summed E-state index contributed by atoms with van der Waals surface area (Å²) in [6.07, 6.45) is 5.08. The highest BCUT2D eigenvalue weighted by Gasteiger charge is 2.20. The van der Waals surface area contributed by atoms with Gasteiger partial charge in [-0.1, -0.05) is 37.3 Å². The van der Waals surface area contributed by atoms with Gasteiger partial charge in [-0.05, 0) is 50.9 Å². The normalized spacial score (nSPS) is 19.6. The van der Waals surface area contributed by atoms with Gasteiger partial charge in [0.1, 0.15) is 0 Å². The monoisotopic (exact) mass is 246 g/mol. The Hall–Kier alpha value is -0.860. The van der Waals surface area contributed by atoms with E-state index in [-0.39, 0.29) is 0 Å². The highest BCUT2D eigenvalue weighted by molar-refractivity contribution is 5.14. The van der Waals surface area contributed by atoms with E-state index in [1.807, 2.05) is 0 Å². The van der Waals surface area contributed by atoms with Gasteiger partial charge in [-0.25, -0.2) is 0 Å². The van der Waals surface area contributed by atoms with Crippen LogP contribution in [0.2, 0.25) is 0 Å². The summed E-state index contributed by atoms with van der Waals surface area (Å²) >= 11 is 0. The second-order valence-electron chi connectivity index (χ2n) is 5.27. The standard InChI is InChI=1S/C16H26N2/c1-2-12-18(16-10-11-17-14-16)13-6-9-15-7-4-3-5-8-15/h3-5,7-8,16-17H,2,6,9-14H2,1H3. The molecular formula is C16H26N2. The lowest BCUT2D eigenvalue weighted by atomic mass is 10.1. The Morgan fingerprint density at radius 1 is 1.22 bits per heavy atom. The Labute approximate surface area is 111 Å². The van der Waals surface area contributed by atoms with Crippen molar-refractivity contribution in [2.45, 2.75) is 38.6 Å². The topological polar surface area (TPSA) is 15.3 Å². The van der Waals surface area contributed by atoms with Crippen LogP contribution in [0.1, 0.15) is 31.7 Å². The summed E-state index contributed by atoms with van der Waals surface area (Å²) in [6, 6.07) is 11.6. The Morgan fingerprint density at radius 3 is 2.72 bits per heavy atom. The number of benzene rings is 1. The molecule has 0 aliphatic carbocycles. The van der Waals surface area contributed by atoms with E-state index in [2.05, 4.69) is 47.5 Å². The maximum atomic E-state index is 3.48. The molecule has 0 bridgehead atoms. The summed E-state index contributed by atoms with van der Waals surface area (Å²) in [5.74, 6) is 0. The van der Waals surface area contributed by atoms with Crippen LogP contribution >= 0.6 is 0 Å². The first kappa shape index (κ1) is 13.6. The minimum absolute atomic E-state index is 0.778. The molecule has 1 aromatic rings. The van der Waals surface area contributed by atoms with Crippen molar-refractivity contribution in [1.29, 1.82) is 0 Å². The number of nitrogens with zero attached hydrogens (tertiary/aromatic N) is 1. The maximum absolute atomic E-state index is 3.48. The largest absolute Gasteiger partial charge is 0.315 e. The fourth-order valence-corrected chi connectivity index (χ4v) is 2.85. The molecule has 1 aliphatic rings. The van der Waals surface area contributed by atoms with Crippen molar-refractivity contribution in [2.75, 3.05) is 26.2 Å². The van der Waals surface area contributed by atoms with Gasteiger partial charge in [-0.15, -0.1) is 0 Å². The van der Waals surface area contributed by atoms with Crippen LogP contribution in [0.3, 0.4) is 0 Å². The van der Waals surface area contributed by atoms with Crippen molar-refractivity contribution in [3.63, 3.8) is 0 Å². The number of nitrogens with one attached hydrogen (secondary N) is 1. The molecule has 0 radical (unpaired) electrons. The molecule has 18 heavy (non-hydrogen) atoms. The average molecular weight is 246 g/mol. The van der Waals surface area contributed by atoms with Crippen LogP contribution in [0.4, 0.5) is 0 Å². The lowest BCUT2D eigenvalue weighted by Gasteiger charge is -2.27. The average Bonchev–Trinajstić information content (AvgIpc) is 2.93. The molecule has 2 heteroatoms. The number of hydrogen-bond donors (Lipinski definition) is 1. The lowest BCUT2D eigenvalue weighted by molar-refractivity contribution is 0.206. The molecule has 1 saturated heterocycles. The minimum atomic E-state index is 0.778. The van der Waals surface area contributed by atoms with Gasteiger partial charge in [0.05, 0.1) is 0 Å². The van der Waals surface area contributed by atoms with Gasteiger partial charge >= 0.3 is 0 Å². The van der Waals surface area contributed by atoms with Gasteiger partial charge in [0.2, 0.25) is 0 Å². The molecule has 1 unspecified atom stereocenters. The predicted molar refractivity (Wildman–Crippen MR) is 77.9 cm³/mol. The van der Waals surface area contributed by atoms with E-state index in [0.29, 0.717) is 0 Å². The van der Waals surface area contributed by atoms with Crippen LogP contribution in [0, 0.1) is 0 Å². The lowest BCUT2D eigenvalue weighted by Crippen LogP contribution is -2.38. The van der Waals surface area contributed by atoms with E-state index in [1.165, 1.54) is 57.4 Å². The van der Waals surface area contributed by atoms with E-state index < -0.39 is 0 Å². The van der Waals surface area contributed by atoms with Crippen LogP contribution in [0.5, 0.6) is 0 Å². The highest BCUT2D eigenvalue weighted by Crippen LogP contribution is 2.11. The quantitative estimate of drug-likeness (QED) is 0.796. The van der Waals surface area contributed by atoms with Crippen molar-refractivity contribution in [3.05, 3.63) is 35.9 Å². The second-order valence-corrected chi connectivity index (χ2v) is 5.27. The van der Waals surface area contributed by atoms with E-state index in [0.717, 1.165) is 6.04 Å². The zero-order valence-electron chi connectivity index (χ0n) is 11.6. The van der Waals surface area contributed by atoms with Gasteiger partial charge in [0.15, 0.2) is 0 Å². The van der Waals surface area contributed by atoms with E-state index in [4.69, 9.17) is 0 Å². The van der Waals surface area contributed by atoms with Crippen molar-refractivity contribution in [3.8, 4) is 0 Å². The van der Waals surface area contributed by atoms with Gasteiger partial charge in [0, 0.05) is 12.6 Å². The first-order valence-electron chi connectivity index (χ1n) is 7.39. The molecule has 2 rings (SSSR count). The van der Waals surface area contributed by atoms with Gasteiger partial charge in [-0.2, -0.15) is 0 Å². The van der Waals surface area contributed by atoms with Crippen LogP contribution in [-0.4, -0.2) is 37.1 Å². The Balaban J connectivity index is 1.75. The fraction of sp³-hybridized carbons (Fsp3) is 0.625. The van der Waals surface area contributed by atoms with Crippen molar-refractivity contribution in [1.82, 2.24) is 10.2 Å². The summed E-state index contributed by atoms with van der Waals surface area (Å²) in [4.78, 5) is 2.68. The summed E-state index contributed by atoms with van der Waals surface area (Å²) < 4.78 is 0. The molecule has 2 nitrogen and oxygen atoms in total. The Bertz CT molecular complexity index is 317. The molecule has 0 amide bonds. The summed E-state index contributed by atoms with van der Waals surface area (Å²) in [5.41, 5.74) is 1.47. The van der Waals surface area contributed by atoms with Crippen molar-refractivity contribution < 1.29 is 0 Å². The predicted octanol–water partition coefficient (Wildman–Crippen LogP) is 2.69. The first-order valence-corrected chi connectivity index (χ1v) is 7.39. The minimum Gasteiger partial charge on any atom is -0.315 e. The Morgan fingerprint density at radius 2 is 2.06 bits per heavy atom. The molecule has 0 aromatic heterocycles. The third kappa shape index (κ3) is 4.11. The van der Waals surface area contributed by atoms with E-state index in [9.17, 15) is 0 Å². The molecule has 1 fully saturated rings. The van der Waals surface area contributed by atoms with Crippen LogP contribution < -0.4 is 5.32 Å². The summed E-state index contributed by atoms with van der Waals surface area (Å²) in [6.45, 7) is 7.16. The number of aryl methyl sites for hydroxylation is 1. The van der Waals surface area contributed by atoms with Crippen LogP contribution in [0.25, 0.3) is 0 Å². The molecular weight excluding hydrogens is 220 g/mol. The molecule has 0 saturated carbocycles. The molecule has 1 aromatic carbocycles. The zero-order valence-corrected chi connectivity index (χ0v) is 11.6. The fourth-order valence-electron chi connectivity index (χ4n) is 2.85. The smallest absolute Gasteiger partial charge is 0.0232 e. The third-order valence-corrected chi connectivity index (χ3v) is 3.82. The molecule has 1 heterocycles. The summed E-state index contributed by atoms with van der Waals surface area (Å²) in [7, 11) is 0. The molecule has 1 atom stereocenters. The van der Waals surface area contributed by atoms with Crippen molar-refractivity contribution in [2.24, 2.45) is 0 Å². The third-order valence-electron chi connectivity index (χ3n) is 3.82. The zero-order chi connectivity index (χ0) is 12.6. The molecule has 1 aliphatic heterocycles. The van der Waals surface area contributed by atoms with Crippen LogP contribution in [0.15, 0.2) is 30.3 Å². The van der Waals surface area contributed by atoms with Gasteiger partial charge < -0.3 is 5.32 Å². The SMILES string of the molecule is CCCN(CCCc1ccccc1)C1CCNC1. The number of hydrogen-bond acceptors (Lipinski definition) is 2.